The average molecular weight is 372 g/mol. The summed E-state index contributed by atoms with van der Waals surface area (Å²) < 4.78 is 6.19. The Morgan fingerprint density at radius 2 is 2.16 bits per heavy atom. The highest BCUT2D eigenvalue weighted by molar-refractivity contribution is 9.10. The quantitative estimate of drug-likeness (QED) is 0.724. The Morgan fingerprint density at radius 1 is 1.42 bits per heavy atom. The zero-order valence-corrected chi connectivity index (χ0v) is 13.5. The fourth-order valence-electron chi connectivity index (χ4n) is 1.28. The smallest absolute Gasteiger partial charge is 0.257 e. The molecule has 0 aliphatic rings. The van der Waals surface area contributed by atoms with Gasteiger partial charge in [0.05, 0.1) is 5.02 Å². The Bertz CT molecular complexity index is 405. The molecule has 7 heteroatoms. The van der Waals surface area contributed by atoms with Crippen molar-refractivity contribution in [1.82, 2.24) is 5.32 Å². The maximum absolute atomic E-state index is 11.4. The predicted octanol–water partition coefficient (Wildman–Crippen LogP) is 2.76. The van der Waals surface area contributed by atoms with Gasteiger partial charge in [0.15, 0.2) is 6.61 Å². The van der Waals surface area contributed by atoms with Crippen LogP contribution >= 0.6 is 39.9 Å². The molecule has 0 aromatic heterocycles. The number of benzene rings is 1. The van der Waals surface area contributed by atoms with Gasteiger partial charge in [-0.1, -0.05) is 27.5 Å². The maximum atomic E-state index is 11.4. The van der Waals surface area contributed by atoms with Gasteiger partial charge in [-0.25, -0.2) is 0 Å². The molecule has 108 valence electrons. The number of nitrogens with one attached hydrogen (secondary N) is 1. The lowest BCUT2D eigenvalue weighted by Gasteiger charge is -2.08. The van der Waals surface area contributed by atoms with E-state index in [1.165, 1.54) is 0 Å². The number of carbonyl (C=O) groups is 1. The fraction of sp³-hybridized carbons (Fsp3) is 0.417. The molecule has 19 heavy (non-hydrogen) atoms. The molecule has 0 radical (unpaired) electrons. The standard InChI is InChI=1S/C12H16BrClN2O2.ClH/c13-9-3-4-11(10(14)7-9)18-8-12(17)16-6-2-1-5-15;/h3-4,7H,1-2,5-6,8,15H2,(H,16,17);1H. The average Bonchev–Trinajstić information content (AvgIpc) is 2.33. The summed E-state index contributed by atoms with van der Waals surface area (Å²) in [6.07, 6.45) is 1.78. The van der Waals surface area contributed by atoms with Crippen molar-refractivity contribution in [2.45, 2.75) is 12.8 Å². The molecule has 0 atom stereocenters. The molecule has 0 bridgehead atoms. The third-order valence-corrected chi connectivity index (χ3v) is 2.99. The molecule has 0 heterocycles. The van der Waals surface area contributed by atoms with Crippen LogP contribution in [0.2, 0.25) is 5.02 Å². The number of amides is 1. The first kappa shape index (κ1) is 18.5. The van der Waals surface area contributed by atoms with Crippen LogP contribution in [0.1, 0.15) is 12.8 Å². The second kappa shape index (κ2) is 10.3. The highest BCUT2D eigenvalue weighted by atomic mass is 79.9. The molecule has 0 saturated carbocycles. The molecule has 0 fully saturated rings. The van der Waals surface area contributed by atoms with Crippen LogP contribution in [0.25, 0.3) is 0 Å². The second-order valence-electron chi connectivity index (χ2n) is 3.71. The van der Waals surface area contributed by atoms with E-state index in [1.807, 2.05) is 0 Å². The second-order valence-corrected chi connectivity index (χ2v) is 5.03. The summed E-state index contributed by atoms with van der Waals surface area (Å²) in [6, 6.07) is 5.24. The zero-order valence-electron chi connectivity index (χ0n) is 10.3. The van der Waals surface area contributed by atoms with Crippen LogP contribution in [-0.2, 0) is 4.79 Å². The van der Waals surface area contributed by atoms with Crippen LogP contribution in [0.3, 0.4) is 0 Å². The van der Waals surface area contributed by atoms with E-state index >= 15 is 0 Å². The molecular weight excluding hydrogens is 355 g/mol. The number of hydrogen-bond donors (Lipinski definition) is 2. The van der Waals surface area contributed by atoms with Crippen LogP contribution in [0.4, 0.5) is 0 Å². The highest BCUT2D eigenvalue weighted by Gasteiger charge is 2.05. The van der Waals surface area contributed by atoms with Crippen molar-refractivity contribution in [2.24, 2.45) is 5.73 Å². The summed E-state index contributed by atoms with van der Waals surface area (Å²) >= 11 is 9.25. The molecule has 0 spiro atoms. The van der Waals surface area contributed by atoms with E-state index in [2.05, 4.69) is 21.2 Å². The molecule has 0 aliphatic heterocycles. The minimum absolute atomic E-state index is 0. The number of nitrogens with two attached hydrogens (primary N) is 1. The highest BCUT2D eigenvalue weighted by Crippen LogP contribution is 2.27. The van der Waals surface area contributed by atoms with Gasteiger partial charge in [-0.15, -0.1) is 12.4 Å². The van der Waals surface area contributed by atoms with E-state index in [4.69, 9.17) is 22.1 Å². The SMILES string of the molecule is Cl.NCCCCNC(=O)COc1ccc(Br)cc1Cl. The Hall–Kier alpha value is -0.490. The summed E-state index contributed by atoms with van der Waals surface area (Å²) in [5.74, 6) is 0.336. The largest absolute Gasteiger partial charge is 0.482 e. The summed E-state index contributed by atoms with van der Waals surface area (Å²) in [4.78, 5) is 11.4. The molecule has 4 nitrogen and oxygen atoms in total. The van der Waals surface area contributed by atoms with E-state index in [-0.39, 0.29) is 24.9 Å². The van der Waals surface area contributed by atoms with Crippen molar-refractivity contribution < 1.29 is 9.53 Å². The molecule has 0 unspecified atom stereocenters. The molecule has 1 rings (SSSR count). The van der Waals surface area contributed by atoms with E-state index in [0.717, 1.165) is 17.3 Å². The van der Waals surface area contributed by atoms with Crippen LogP contribution in [-0.4, -0.2) is 25.6 Å². The van der Waals surface area contributed by atoms with Crippen molar-refractivity contribution in [3.63, 3.8) is 0 Å². The Kier molecular flexibility index (Phi) is 10.0. The van der Waals surface area contributed by atoms with Crippen molar-refractivity contribution in [3.05, 3.63) is 27.7 Å². The number of hydrogen-bond acceptors (Lipinski definition) is 3. The van der Waals surface area contributed by atoms with Gasteiger partial charge in [0.1, 0.15) is 5.75 Å². The van der Waals surface area contributed by atoms with E-state index in [9.17, 15) is 4.79 Å². The topological polar surface area (TPSA) is 64.3 Å². The first-order chi connectivity index (χ1) is 8.63. The first-order valence-corrected chi connectivity index (χ1v) is 6.85. The van der Waals surface area contributed by atoms with Crippen LogP contribution in [0.15, 0.2) is 22.7 Å². The van der Waals surface area contributed by atoms with Crippen molar-refractivity contribution >= 4 is 45.8 Å². The summed E-state index contributed by atoms with van der Waals surface area (Å²) in [7, 11) is 0. The lowest BCUT2D eigenvalue weighted by atomic mass is 10.3. The molecule has 1 amide bonds. The third kappa shape index (κ3) is 7.62. The maximum Gasteiger partial charge on any atom is 0.257 e. The summed E-state index contributed by atoms with van der Waals surface area (Å²) in [5, 5.41) is 3.22. The van der Waals surface area contributed by atoms with Gasteiger partial charge in [0, 0.05) is 11.0 Å². The van der Waals surface area contributed by atoms with Crippen LogP contribution < -0.4 is 15.8 Å². The summed E-state index contributed by atoms with van der Waals surface area (Å²) in [6.45, 7) is 1.22. The first-order valence-electron chi connectivity index (χ1n) is 5.68. The molecule has 0 aliphatic carbocycles. The van der Waals surface area contributed by atoms with Gasteiger partial charge in [0.25, 0.3) is 5.91 Å². The number of carbonyl (C=O) groups excluding carboxylic acids is 1. The normalized spacial score (nSPS) is 9.63. The van der Waals surface area contributed by atoms with E-state index in [1.54, 1.807) is 18.2 Å². The molecule has 1 aromatic carbocycles. The van der Waals surface area contributed by atoms with Crippen LogP contribution in [0, 0.1) is 0 Å². The minimum atomic E-state index is -0.161. The number of ether oxygens (including phenoxy) is 1. The van der Waals surface area contributed by atoms with Gasteiger partial charge >= 0.3 is 0 Å². The van der Waals surface area contributed by atoms with E-state index < -0.39 is 0 Å². The van der Waals surface area contributed by atoms with Gasteiger partial charge in [-0.2, -0.15) is 0 Å². The summed E-state index contributed by atoms with van der Waals surface area (Å²) in [5.41, 5.74) is 5.35. The Labute approximate surface area is 132 Å². The molecule has 0 saturated heterocycles. The third-order valence-electron chi connectivity index (χ3n) is 2.21. The minimum Gasteiger partial charge on any atom is -0.482 e. The number of halogens is 3. The van der Waals surface area contributed by atoms with Crippen molar-refractivity contribution in [1.29, 1.82) is 0 Å². The van der Waals surface area contributed by atoms with Crippen molar-refractivity contribution in [2.75, 3.05) is 19.7 Å². The van der Waals surface area contributed by atoms with Crippen molar-refractivity contribution in [3.8, 4) is 5.75 Å². The Morgan fingerprint density at radius 3 is 2.79 bits per heavy atom. The van der Waals surface area contributed by atoms with Gasteiger partial charge in [-0.3, -0.25) is 4.79 Å². The molecule has 3 N–H and O–H groups in total. The van der Waals surface area contributed by atoms with Gasteiger partial charge in [0.2, 0.25) is 0 Å². The Balaban J connectivity index is 0.00000324. The fourth-order valence-corrected chi connectivity index (χ4v) is 2.01. The van der Waals surface area contributed by atoms with Gasteiger partial charge in [-0.05, 0) is 37.6 Å². The zero-order chi connectivity index (χ0) is 13.4. The van der Waals surface area contributed by atoms with Gasteiger partial charge < -0.3 is 15.8 Å². The number of unbranched alkanes of at least 4 members (excludes halogenated alkanes) is 1. The lowest BCUT2D eigenvalue weighted by molar-refractivity contribution is -0.123. The van der Waals surface area contributed by atoms with E-state index in [0.29, 0.717) is 23.9 Å². The number of rotatable bonds is 7. The molecular formula is C12H17BrCl2N2O2. The van der Waals surface area contributed by atoms with Crippen LogP contribution in [0.5, 0.6) is 5.75 Å². The monoisotopic (exact) mass is 370 g/mol. The lowest BCUT2D eigenvalue weighted by Crippen LogP contribution is -2.29. The predicted molar refractivity (Wildman–Crippen MR) is 83.2 cm³/mol. The molecule has 1 aromatic rings.